The number of benzene rings is 1. The molecule has 1 aromatic rings. The highest BCUT2D eigenvalue weighted by Gasteiger charge is 2.20. The lowest BCUT2D eigenvalue weighted by Crippen LogP contribution is -2.11. The molecule has 0 fully saturated rings. The van der Waals surface area contributed by atoms with Gasteiger partial charge in [-0.05, 0) is 60.8 Å². The average Bonchev–Trinajstić information content (AvgIpc) is 2.34. The first kappa shape index (κ1) is 17.0. The molecule has 0 saturated heterocycles. The van der Waals surface area contributed by atoms with Crippen LogP contribution in [0.1, 0.15) is 33.1 Å². The van der Waals surface area contributed by atoms with Gasteiger partial charge in [-0.15, -0.1) is 0 Å². The Labute approximate surface area is 129 Å². The van der Waals surface area contributed by atoms with Gasteiger partial charge in [0.05, 0.1) is 22.1 Å². The van der Waals surface area contributed by atoms with E-state index in [0.717, 1.165) is 0 Å². The van der Waals surface area contributed by atoms with Gasteiger partial charge in [-0.1, -0.05) is 6.42 Å². The van der Waals surface area contributed by atoms with Crippen molar-refractivity contribution in [2.24, 2.45) is 5.41 Å². The molecule has 0 aliphatic rings. The van der Waals surface area contributed by atoms with Crippen LogP contribution >= 0.6 is 15.9 Å². The summed E-state index contributed by atoms with van der Waals surface area (Å²) >= 11 is 3.23. The Hall–Kier alpha value is -1.06. The summed E-state index contributed by atoms with van der Waals surface area (Å²) in [7, 11) is -3.32. The Morgan fingerprint density at radius 1 is 1.35 bits per heavy atom. The molecular formula is C14H19BrN2O2S. The van der Waals surface area contributed by atoms with E-state index in [1.165, 1.54) is 6.07 Å². The Bertz CT molecular complexity index is 619. The smallest absolute Gasteiger partial charge is 0.179 e. The zero-order valence-corrected chi connectivity index (χ0v) is 14.1. The number of sulfone groups is 1. The molecule has 0 unspecified atom stereocenters. The number of nitrogen functional groups attached to an aromatic ring is 1. The number of rotatable bonds is 6. The predicted octanol–water partition coefficient (Wildman–Crippen LogP) is 3.53. The second-order valence-corrected chi connectivity index (χ2v) is 8.39. The van der Waals surface area contributed by atoms with Crippen molar-refractivity contribution in [3.8, 4) is 6.07 Å². The third-order valence-corrected chi connectivity index (χ3v) is 5.83. The van der Waals surface area contributed by atoms with Crippen LogP contribution in [-0.4, -0.2) is 14.2 Å². The topological polar surface area (TPSA) is 84.0 Å². The van der Waals surface area contributed by atoms with Crippen LogP contribution in [0.15, 0.2) is 27.6 Å². The normalized spacial score (nSPS) is 12.1. The number of halogens is 1. The highest BCUT2D eigenvalue weighted by atomic mass is 79.9. The molecule has 0 heterocycles. The number of anilines is 1. The molecule has 110 valence electrons. The summed E-state index contributed by atoms with van der Waals surface area (Å²) in [5.41, 5.74) is 5.72. The molecule has 0 atom stereocenters. The van der Waals surface area contributed by atoms with E-state index in [1.807, 2.05) is 13.8 Å². The lowest BCUT2D eigenvalue weighted by Gasteiger charge is -2.14. The minimum Gasteiger partial charge on any atom is -0.399 e. The number of hydrogen-bond donors (Lipinski definition) is 1. The van der Waals surface area contributed by atoms with E-state index in [9.17, 15) is 8.42 Å². The van der Waals surface area contributed by atoms with Crippen molar-refractivity contribution >= 4 is 31.5 Å². The molecule has 1 aromatic carbocycles. The second kappa shape index (κ2) is 6.59. The molecule has 6 heteroatoms. The highest BCUT2D eigenvalue weighted by molar-refractivity contribution is 9.10. The summed E-state index contributed by atoms with van der Waals surface area (Å²) in [6.07, 6.45) is 1.96. The maximum absolute atomic E-state index is 12.2. The molecule has 20 heavy (non-hydrogen) atoms. The summed E-state index contributed by atoms with van der Waals surface area (Å²) in [6, 6.07) is 6.91. The summed E-state index contributed by atoms with van der Waals surface area (Å²) in [4.78, 5) is 0.270. The Morgan fingerprint density at radius 3 is 2.55 bits per heavy atom. The third-order valence-electron chi connectivity index (χ3n) is 3.06. The van der Waals surface area contributed by atoms with Crippen molar-refractivity contribution in [3.05, 3.63) is 22.7 Å². The molecular weight excluding hydrogens is 340 g/mol. The van der Waals surface area contributed by atoms with E-state index in [1.54, 1.807) is 12.1 Å². The molecule has 0 aliphatic carbocycles. The SMILES string of the molecule is CC(C)(C#N)CCCCS(=O)(=O)c1ccc(N)cc1Br. The average molecular weight is 359 g/mol. The van der Waals surface area contributed by atoms with Crippen molar-refractivity contribution < 1.29 is 8.42 Å². The fraction of sp³-hybridized carbons (Fsp3) is 0.500. The fourth-order valence-electron chi connectivity index (χ4n) is 1.79. The van der Waals surface area contributed by atoms with E-state index in [-0.39, 0.29) is 10.6 Å². The maximum Gasteiger partial charge on any atom is 0.179 e. The van der Waals surface area contributed by atoms with E-state index in [4.69, 9.17) is 11.0 Å². The van der Waals surface area contributed by atoms with E-state index in [2.05, 4.69) is 22.0 Å². The maximum atomic E-state index is 12.2. The van der Waals surface area contributed by atoms with Crippen LogP contribution in [0.2, 0.25) is 0 Å². The van der Waals surface area contributed by atoms with Crippen LogP contribution in [-0.2, 0) is 9.84 Å². The minimum atomic E-state index is -3.32. The van der Waals surface area contributed by atoms with Gasteiger partial charge in [-0.25, -0.2) is 8.42 Å². The third kappa shape index (κ3) is 4.80. The van der Waals surface area contributed by atoms with Gasteiger partial charge in [0.2, 0.25) is 0 Å². The van der Waals surface area contributed by atoms with Crippen LogP contribution < -0.4 is 5.73 Å². The van der Waals surface area contributed by atoms with E-state index < -0.39 is 15.3 Å². The molecule has 0 bridgehead atoms. The van der Waals surface area contributed by atoms with Gasteiger partial charge in [0, 0.05) is 10.2 Å². The molecule has 0 saturated carbocycles. The Balaban J connectivity index is 2.65. The molecule has 0 radical (unpaired) electrons. The monoisotopic (exact) mass is 358 g/mol. The van der Waals surface area contributed by atoms with Crippen molar-refractivity contribution in [2.45, 2.75) is 38.0 Å². The Kier molecular flexibility index (Phi) is 5.60. The predicted molar refractivity (Wildman–Crippen MR) is 83.9 cm³/mol. The van der Waals surface area contributed by atoms with Crippen molar-refractivity contribution in [1.29, 1.82) is 5.26 Å². The van der Waals surface area contributed by atoms with Crippen LogP contribution in [0.5, 0.6) is 0 Å². The van der Waals surface area contributed by atoms with Crippen LogP contribution in [0, 0.1) is 16.7 Å². The summed E-state index contributed by atoms with van der Waals surface area (Å²) < 4.78 is 24.9. The second-order valence-electron chi connectivity index (χ2n) is 5.46. The first-order chi connectivity index (χ1) is 9.18. The van der Waals surface area contributed by atoms with E-state index in [0.29, 0.717) is 29.4 Å². The lowest BCUT2D eigenvalue weighted by molar-refractivity contribution is 0.431. The molecule has 1 rings (SSSR count). The van der Waals surface area contributed by atoms with Crippen molar-refractivity contribution in [3.63, 3.8) is 0 Å². The quantitative estimate of drug-likeness (QED) is 0.622. The standard InChI is InChI=1S/C14H19BrN2O2S/c1-14(2,10-16)7-3-4-8-20(18,19)13-6-5-11(17)9-12(13)15/h5-6,9H,3-4,7-8,17H2,1-2H3. The Morgan fingerprint density at radius 2 is 2.00 bits per heavy atom. The van der Waals surface area contributed by atoms with Crippen molar-refractivity contribution in [1.82, 2.24) is 0 Å². The first-order valence-corrected chi connectivity index (χ1v) is 8.81. The van der Waals surface area contributed by atoms with Gasteiger partial charge in [0.15, 0.2) is 9.84 Å². The molecule has 0 amide bonds. The molecule has 0 spiro atoms. The number of unbranched alkanes of at least 4 members (excludes halogenated alkanes) is 1. The number of hydrogen-bond acceptors (Lipinski definition) is 4. The lowest BCUT2D eigenvalue weighted by atomic mass is 9.89. The zero-order chi connectivity index (χ0) is 15.4. The van der Waals surface area contributed by atoms with E-state index >= 15 is 0 Å². The number of nitrogens with two attached hydrogens (primary N) is 1. The summed E-state index contributed by atoms with van der Waals surface area (Å²) in [5.74, 6) is 0.0804. The van der Waals surface area contributed by atoms with Crippen LogP contribution in [0.25, 0.3) is 0 Å². The summed E-state index contributed by atoms with van der Waals surface area (Å²) in [5, 5.41) is 8.91. The van der Waals surface area contributed by atoms with Gasteiger partial charge in [-0.2, -0.15) is 5.26 Å². The molecule has 0 aliphatic heterocycles. The van der Waals surface area contributed by atoms with Crippen molar-refractivity contribution in [2.75, 3.05) is 11.5 Å². The molecule has 4 nitrogen and oxygen atoms in total. The number of nitriles is 1. The fourth-order valence-corrected chi connectivity index (χ4v) is 4.37. The van der Waals surface area contributed by atoms with Crippen LogP contribution in [0.3, 0.4) is 0 Å². The van der Waals surface area contributed by atoms with Gasteiger partial charge in [0.25, 0.3) is 0 Å². The highest BCUT2D eigenvalue weighted by Crippen LogP contribution is 2.27. The van der Waals surface area contributed by atoms with Crippen LogP contribution in [0.4, 0.5) is 5.69 Å². The first-order valence-electron chi connectivity index (χ1n) is 6.37. The molecule has 0 aromatic heterocycles. The largest absolute Gasteiger partial charge is 0.399 e. The van der Waals surface area contributed by atoms with Gasteiger partial charge in [0.1, 0.15) is 0 Å². The number of nitrogens with zero attached hydrogens (tertiary/aromatic N) is 1. The zero-order valence-electron chi connectivity index (χ0n) is 11.7. The minimum absolute atomic E-state index is 0.0804. The van der Waals surface area contributed by atoms with Gasteiger partial charge >= 0.3 is 0 Å². The molecule has 2 N–H and O–H groups in total. The van der Waals surface area contributed by atoms with Gasteiger partial charge < -0.3 is 5.73 Å². The summed E-state index contributed by atoms with van der Waals surface area (Å²) in [6.45, 7) is 3.72. The van der Waals surface area contributed by atoms with Gasteiger partial charge in [-0.3, -0.25) is 0 Å².